The molecule has 34 heavy (non-hydrogen) atoms. The smallest absolute Gasteiger partial charge is 0.302 e. The number of ether oxygens (including phenoxy) is 1. The third-order valence-corrected chi connectivity index (χ3v) is 11.2. The van der Waals surface area contributed by atoms with Gasteiger partial charge in [-0.3, -0.25) is 8.98 Å². The molecule has 0 amide bonds. The molecule has 0 saturated heterocycles. The van der Waals surface area contributed by atoms with Crippen molar-refractivity contribution in [3.63, 3.8) is 0 Å². The highest BCUT2D eigenvalue weighted by atomic mass is 32.2. The molecule has 3 saturated carbocycles. The van der Waals surface area contributed by atoms with Gasteiger partial charge in [0.25, 0.3) is 10.1 Å². The van der Waals surface area contributed by atoms with E-state index >= 15 is 0 Å². The lowest BCUT2D eigenvalue weighted by molar-refractivity contribution is -0.148. The maximum atomic E-state index is 13.1. The molecule has 3 fully saturated rings. The van der Waals surface area contributed by atoms with E-state index in [1.165, 1.54) is 12.5 Å². The predicted octanol–water partition coefficient (Wildman–Crippen LogP) is 5.96. The van der Waals surface area contributed by atoms with Gasteiger partial charge in [-0.15, -0.1) is 0 Å². The molecule has 186 valence electrons. The molecule has 0 aliphatic heterocycles. The Morgan fingerprint density at radius 2 is 1.74 bits per heavy atom. The lowest BCUT2D eigenvalue weighted by Crippen LogP contribution is -2.51. The Balaban J connectivity index is 1.35. The second kappa shape index (κ2) is 8.48. The number of hydrogen-bond acceptors (Lipinski definition) is 5. The maximum absolute atomic E-state index is 13.1. The maximum Gasteiger partial charge on any atom is 0.302 e. The van der Waals surface area contributed by atoms with Crippen LogP contribution in [0.3, 0.4) is 0 Å². The standard InChI is InChI=1S/C28H38O5S/c1-18-5-8-22(9-6-18)34(30,31)33-26-12-11-24-23-10-7-20-17-21(32-19(2)29)13-15-27(20,3)25(23)14-16-28(24,26)4/h5-9,21,23-26H,10-17H2,1-4H3/t21-,23-,24-,25+,26-,27-,28-/m0/s1. The zero-order chi connectivity index (χ0) is 24.3. The summed E-state index contributed by atoms with van der Waals surface area (Å²) >= 11 is 0. The summed E-state index contributed by atoms with van der Waals surface area (Å²) in [7, 11) is -3.78. The minimum Gasteiger partial charge on any atom is -0.462 e. The lowest BCUT2D eigenvalue weighted by Gasteiger charge is -2.57. The number of hydrogen-bond donors (Lipinski definition) is 0. The molecule has 7 atom stereocenters. The average molecular weight is 487 g/mol. The number of benzene rings is 1. The van der Waals surface area contributed by atoms with Crippen molar-refractivity contribution >= 4 is 16.1 Å². The van der Waals surface area contributed by atoms with E-state index in [4.69, 9.17) is 8.92 Å². The van der Waals surface area contributed by atoms with Crippen molar-refractivity contribution in [3.05, 3.63) is 41.5 Å². The van der Waals surface area contributed by atoms with Crippen LogP contribution in [0.1, 0.15) is 77.7 Å². The van der Waals surface area contributed by atoms with Crippen LogP contribution in [0.15, 0.2) is 40.8 Å². The van der Waals surface area contributed by atoms with Crippen LogP contribution in [-0.2, 0) is 23.8 Å². The Labute approximate surface area is 204 Å². The highest BCUT2D eigenvalue weighted by molar-refractivity contribution is 7.86. The Kier molecular flexibility index (Phi) is 6.00. The van der Waals surface area contributed by atoms with E-state index in [0.29, 0.717) is 17.8 Å². The highest BCUT2D eigenvalue weighted by Gasteiger charge is 2.59. The fourth-order valence-corrected chi connectivity index (χ4v) is 9.19. The zero-order valence-corrected chi connectivity index (χ0v) is 21.7. The number of fused-ring (bicyclic) bond motifs is 5. The summed E-state index contributed by atoms with van der Waals surface area (Å²) in [6, 6.07) is 6.94. The van der Waals surface area contributed by atoms with Crippen LogP contribution in [0, 0.1) is 35.5 Å². The quantitative estimate of drug-likeness (QED) is 0.298. The molecule has 6 heteroatoms. The molecule has 0 heterocycles. The van der Waals surface area contributed by atoms with Crippen molar-refractivity contribution in [2.24, 2.45) is 28.6 Å². The molecule has 5 nitrogen and oxygen atoms in total. The van der Waals surface area contributed by atoms with Crippen LogP contribution in [0.25, 0.3) is 0 Å². The molecule has 1 aromatic carbocycles. The Bertz CT molecular complexity index is 1090. The van der Waals surface area contributed by atoms with E-state index in [0.717, 1.165) is 56.9 Å². The van der Waals surface area contributed by atoms with Crippen molar-refractivity contribution in [2.75, 3.05) is 0 Å². The van der Waals surface area contributed by atoms with Crippen LogP contribution in [0.5, 0.6) is 0 Å². The van der Waals surface area contributed by atoms with Crippen molar-refractivity contribution in [1.29, 1.82) is 0 Å². The van der Waals surface area contributed by atoms with Crippen LogP contribution < -0.4 is 0 Å². The molecule has 0 aromatic heterocycles. The first kappa shape index (κ1) is 24.1. The molecule has 0 bridgehead atoms. The SMILES string of the molecule is CC(=O)O[C@H]1CC[C@@]2(C)C(=CC[C@@H]3[C@H]2CC[C@]2(C)[C@@H](OS(=O)(=O)c4ccc(C)cc4)CC[C@@H]32)C1. The molecule has 1 aromatic rings. The largest absolute Gasteiger partial charge is 0.462 e. The molecular weight excluding hydrogens is 448 g/mol. The topological polar surface area (TPSA) is 69.7 Å². The van der Waals surface area contributed by atoms with Gasteiger partial charge in [-0.05, 0) is 92.6 Å². The number of rotatable bonds is 4. The molecule has 4 aliphatic carbocycles. The van der Waals surface area contributed by atoms with Gasteiger partial charge in [0.05, 0.1) is 11.0 Å². The van der Waals surface area contributed by atoms with Gasteiger partial charge in [-0.25, -0.2) is 0 Å². The number of carbonyl (C=O) groups is 1. The van der Waals surface area contributed by atoms with Gasteiger partial charge in [0.1, 0.15) is 6.10 Å². The summed E-state index contributed by atoms with van der Waals surface area (Å²) in [5.74, 6) is 1.46. The minimum atomic E-state index is -3.78. The highest BCUT2D eigenvalue weighted by Crippen LogP contribution is 2.65. The molecule has 0 radical (unpaired) electrons. The average Bonchev–Trinajstić information content (AvgIpc) is 3.09. The third kappa shape index (κ3) is 3.95. The van der Waals surface area contributed by atoms with E-state index < -0.39 is 10.1 Å². The van der Waals surface area contributed by atoms with Gasteiger partial charge < -0.3 is 4.74 Å². The number of carbonyl (C=O) groups excluding carboxylic acids is 1. The molecule has 0 unspecified atom stereocenters. The van der Waals surface area contributed by atoms with Gasteiger partial charge >= 0.3 is 5.97 Å². The second-order valence-corrected chi connectivity index (χ2v) is 13.3. The normalized spacial score (nSPS) is 39.4. The molecule has 4 aliphatic rings. The number of aryl methyl sites for hydroxylation is 1. The van der Waals surface area contributed by atoms with E-state index in [2.05, 4.69) is 19.9 Å². The first-order valence-corrected chi connectivity index (χ1v) is 14.3. The van der Waals surface area contributed by atoms with Crippen LogP contribution >= 0.6 is 0 Å². The van der Waals surface area contributed by atoms with E-state index in [-0.39, 0.29) is 33.9 Å². The number of esters is 1. The fraction of sp³-hybridized carbons (Fsp3) is 0.679. The van der Waals surface area contributed by atoms with Gasteiger partial charge in [0.15, 0.2) is 0 Å². The van der Waals surface area contributed by atoms with Crippen LogP contribution in [0.2, 0.25) is 0 Å². The summed E-state index contributed by atoms with van der Waals surface area (Å²) in [6.07, 6.45) is 10.0. The third-order valence-electron chi connectivity index (χ3n) is 9.86. The summed E-state index contributed by atoms with van der Waals surface area (Å²) < 4.78 is 37.7. The Morgan fingerprint density at radius 1 is 1.00 bits per heavy atom. The van der Waals surface area contributed by atoms with E-state index in [9.17, 15) is 13.2 Å². The van der Waals surface area contributed by atoms with Gasteiger partial charge in [-0.1, -0.05) is 43.2 Å². The van der Waals surface area contributed by atoms with Gasteiger partial charge in [-0.2, -0.15) is 8.42 Å². The monoisotopic (exact) mass is 486 g/mol. The molecular formula is C28H38O5S. The first-order valence-electron chi connectivity index (χ1n) is 12.9. The van der Waals surface area contributed by atoms with Crippen molar-refractivity contribution in [2.45, 2.75) is 96.2 Å². The number of allylic oxidation sites excluding steroid dienone is 1. The van der Waals surface area contributed by atoms with E-state index in [1.54, 1.807) is 12.1 Å². The zero-order valence-electron chi connectivity index (χ0n) is 20.9. The summed E-state index contributed by atoms with van der Waals surface area (Å²) in [5, 5.41) is 0. The summed E-state index contributed by atoms with van der Waals surface area (Å²) in [5.41, 5.74) is 2.55. The first-order chi connectivity index (χ1) is 16.0. The minimum absolute atomic E-state index is 0.0125. The van der Waals surface area contributed by atoms with Crippen molar-refractivity contribution in [3.8, 4) is 0 Å². The second-order valence-electron chi connectivity index (χ2n) is 11.7. The Morgan fingerprint density at radius 3 is 2.44 bits per heavy atom. The fourth-order valence-electron chi connectivity index (χ4n) is 7.99. The van der Waals surface area contributed by atoms with Crippen LogP contribution in [0.4, 0.5) is 0 Å². The van der Waals surface area contributed by atoms with E-state index in [1.807, 2.05) is 19.1 Å². The summed E-state index contributed by atoms with van der Waals surface area (Å²) in [6.45, 7) is 8.15. The summed E-state index contributed by atoms with van der Waals surface area (Å²) in [4.78, 5) is 11.7. The van der Waals surface area contributed by atoms with Crippen molar-refractivity contribution < 1.29 is 22.1 Å². The van der Waals surface area contributed by atoms with Gasteiger partial charge in [0, 0.05) is 13.3 Å². The Hall–Kier alpha value is -1.66. The van der Waals surface area contributed by atoms with Gasteiger partial charge in [0.2, 0.25) is 0 Å². The lowest BCUT2D eigenvalue weighted by atomic mass is 9.48. The predicted molar refractivity (Wildman–Crippen MR) is 130 cm³/mol. The van der Waals surface area contributed by atoms with Crippen LogP contribution in [-0.4, -0.2) is 26.6 Å². The molecule has 0 spiro atoms. The molecule has 0 N–H and O–H groups in total. The van der Waals surface area contributed by atoms with Crippen molar-refractivity contribution in [1.82, 2.24) is 0 Å². The molecule has 5 rings (SSSR count).